The standard InChI is InChI=1S/C9H12N3O/c1-12(2,3)13-9-6-8(7-10)4-5-11-9/h4-6H,1-3H3/q+1. The van der Waals surface area contributed by atoms with E-state index in [1.54, 1.807) is 18.3 Å². The van der Waals surface area contributed by atoms with Gasteiger partial charge in [0.05, 0.1) is 11.6 Å². The zero-order chi connectivity index (χ0) is 9.90. The van der Waals surface area contributed by atoms with Crippen molar-refractivity contribution < 1.29 is 9.48 Å². The van der Waals surface area contributed by atoms with Crippen LogP contribution in [0, 0.1) is 11.3 Å². The van der Waals surface area contributed by atoms with Crippen LogP contribution < -0.4 is 4.84 Å². The molecule has 0 aromatic carbocycles. The molecule has 0 saturated carbocycles. The fraction of sp³-hybridized carbons (Fsp3) is 0.333. The molecule has 0 aliphatic heterocycles. The predicted octanol–water partition coefficient (Wildman–Crippen LogP) is 0.953. The third kappa shape index (κ3) is 3.09. The first-order valence-corrected chi connectivity index (χ1v) is 3.88. The monoisotopic (exact) mass is 178 g/mol. The fourth-order valence-electron chi connectivity index (χ4n) is 0.809. The summed E-state index contributed by atoms with van der Waals surface area (Å²) in [4.78, 5) is 9.40. The first-order valence-electron chi connectivity index (χ1n) is 3.88. The van der Waals surface area contributed by atoms with Gasteiger partial charge in [-0.2, -0.15) is 5.26 Å². The van der Waals surface area contributed by atoms with E-state index < -0.39 is 0 Å². The third-order valence-corrected chi connectivity index (χ3v) is 1.23. The molecule has 0 atom stereocenters. The van der Waals surface area contributed by atoms with E-state index in [2.05, 4.69) is 4.98 Å². The summed E-state index contributed by atoms with van der Waals surface area (Å²) in [6.07, 6.45) is 1.56. The van der Waals surface area contributed by atoms with Crippen molar-refractivity contribution in [1.82, 2.24) is 4.98 Å². The van der Waals surface area contributed by atoms with E-state index in [4.69, 9.17) is 10.1 Å². The molecular weight excluding hydrogens is 166 g/mol. The zero-order valence-corrected chi connectivity index (χ0v) is 7.98. The molecule has 4 nitrogen and oxygen atoms in total. The Bertz CT molecular complexity index is 335. The highest BCUT2D eigenvalue weighted by atomic mass is 16.7. The Kier molecular flexibility index (Phi) is 2.49. The molecule has 1 aromatic rings. The van der Waals surface area contributed by atoms with Crippen molar-refractivity contribution in [2.75, 3.05) is 21.1 Å². The lowest BCUT2D eigenvalue weighted by molar-refractivity contribution is -1.03. The Morgan fingerprint density at radius 3 is 2.69 bits per heavy atom. The summed E-state index contributed by atoms with van der Waals surface area (Å²) in [5.74, 6) is 0.464. The average Bonchev–Trinajstić information content (AvgIpc) is 2.01. The first kappa shape index (κ1) is 9.49. The lowest BCUT2D eigenvalue weighted by atomic mass is 10.3. The van der Waals surface area contributed by atoms with Crippen LogP contribution in [0.2, 0.25) is 0 Å². The second kappa shape index (κ2) is 3.42. The molecule has 0 fully saturated rings. The summed E-state index contributed by atoms with van der Waals surface area (Å²) in [5, 5.41) is 8.62. The van der Waals surface area contributed by atoms with Gasteiger partial charge in [0, 0.05) is 12.3 Å². The SMILES string of the molecule is C[N+](C)(C)Oc1cc(C#N)ccn1. The highest BCUT2D eigenvalue weighted by molar-refractivity contribution is 5.30. The number of rotatable bonds is 2. The molecule has 1 heterocycles. The van der Waals surface area contributed by atoms with Crippen LogP contribution in [0.15, 0.2) is 18.3 Å². The second-order valence-electron chi connectivity index (χ2n) is 3.48. The van der Waals surface area contributed by atoms with Gasteiger partial charge in [0.15, 0.2) is 0 Å². The summed E-state index contributed by atoms with van der Waals surface area (Å²) in [6.45, 7) is 0. The summed E-state index contributed by atoms with van der Waals surface area (Å²) in [7, 11) is 5.63. The Balaban J connectivity index is 2.86. The normalized spacial score (nSPS) is 10.6. The van der Waals surface area contributed by atoms with Gasteiger partial charge in [-0.15, -0.1) is 4.65 Å². The van der Waals surface area contributed by atoms with Crippen molar-refractivity contribution in [1.29, 1.82) is 5.26 Å². The van der Waals surface area contributed by atoms with E-state index in [0.717, 1.165) is 0 Å². The molecule has 0 bridgehead atoms. The number of hydroxylamine groups is 3. The second-order valence-corrected chi connectivity index (χ2v) is 3.48. The number of nitriles is 1. The number of quaternary nitrogens is 1. The van der Waals surface area contributed by atoms with Gasteiger partial charge in [-0.3, -0.25) is 4.84 Å². The van der Waals surface area contributed by atoms with Gasteiger partial charge in [-0.05, 0) is 6.07 Å². The Hall–Kier alpha value is -1.60. The molecule has 0 N–H and O–H groups in total. The predicted molar refractivity (Wildman–Crippen MR) is 47.6 cm³/mol. The van der Waals surface area contributed by atoms with Gasteiger partial charge >= 0.3 is 0 Å². The third-order valence-electron chi connectivity index (χ3n) is 1.23. The minimum absolute atomic E-state index is 0.321. The van der Waals surface area contributed by atoms with E-state index in [1.165, 1.54) is 0 Å². The van der Waals surface area contributed by atoms with Gasteiger partial charge in [-0.1, -0.05) is 0 Å². The van der Waals surface area contributed by atoms with Crippen LogP contribution in [0.25, 0.3) is 0 Å². The molecule has 0 aliphatic carbocycles. The van der Waals surface area contributed by atoms with Crippen LogP contribution in [0.5, 0.6) is 5.88 Å². The maximum Gasteiger partial charge on any atom is 0.282 e. The van der Waals surface area contributed by atoms with Gasteiger partial charge in [0.25, 0.3) is 5.88 Å². The topological polar surface area (TPSA) is 45.9 Å². The quantitative estimate of drug-likeness (QED) is 0.500. The van der Waals surface area contributed by atoms with Crippen LogP contribution in [0.3, 0.4) is 0 Å². The zero-order valence-electron chi connectivity index (χ0n) is 7.98. The fourth-order valence-corrected chi connectivity index (χ4v) is 0.809. The van der Waals surface area contributed by atoms with Crippen LogP contribution in [0.4, 0.5) is 0 Å². The van der Waals surface area contributed by atoms with Gasteiger partial charge in [-0.25, -0.2) is 4.98 Å². The van der Waals surface area contributed by atoms with Crippen LogP contribution >= 0.6 is 0 Å². The minimum Gasteiger partial charge on any atom is -0.296 e. The van der Waals surface area contributed by atoms with Crippen LogP contribution in [-0.4, -0.2) is 30.8 Å². The van der Waals surface area contributed by atoms with E-state index in [9.17, 15) is 0 Å². The molecule has 0 spiro atoms. The van der Waals surface area contributed by atoms with Crippen molar-refractivity contribution in [3.8, 4) is 11.9 Å². The maximum atomic E-state index is 8.62. The van der Waals surface area contributed by atoms with E-state index >= 15 is 0 Å². The van der Waals surface area contributed by atoms with Crippen molar-refractivity contribution >= 4 is 0 Å². The Labute approximate surface area is 77.5 Å². The largest absolute Gasteiger partial charge is 0.296 e. The molecule has 0 unspecified atom stereocenters. The van der Waals surface area contributed by atoms with E-state index in [1.807, 2.05) is 27.2 Å². The number of aromatic nitrogens is 1. The molecule has 68 valence electrons. The maximum absolute atomic E-state index is 8.62. The summed E-state index contributed by atoms with van der Waals surface area (Å²) in [6, 6.07) is 5.28. The van der Waals surface area contributed by atoms with Gasteiger partial charge < -0.3 is 0 Å². The van der Waals surface area contributed by atoms with Crippen molar-refractivity contribution in [3.63, 3.8) is 0 Å². The Morgan fingerprint density at radius 1 is 1.46 bits per heavy atom. The molecule has 1 aromatic heterocycles. The minimum atomic E-state index is 0.321. The number of hydrogen-bond donors (Lipinski definition) is 0. The molecule has 0 radical (unpaired) electrons. The van der Waals surface area contributed by atoms with E-state index in [-0.39, 0.29) is 0 Å². The molecule has 13 heavy (non-hydrogen) atoms. The molecular formula is C9H12N3O+. The van der Waals surface area contributed by atoms with Crippen molar-refractivity contribution in [3.05, 3.63) is 23.9 Å². The average molecular weight is 178 g/mol. The number of hydrogen-bond acceptors (Lipinski definition) is 3. The molecule has 4 heteroatoms. The Morgan fingerprint density at radius 2 is 2.15 bits per heavy atom. The summed E-state index contributed by atoms with van der Waals surface area (Å²) >= 11 is 0. The van der Waals surface area contributed by atoms with Crippen LogP contribution in [0.1, 0.15) is 5.56 Å². The summed E-state index contributed by atoms with van der Waals surface area (Å²) in [5.41, 5.74) is 0.554. The highest BCUT2D eigenvalue weighted by Gasteiger charge is 2.11. The van der Waals surface area contributed by atoms with Gasteiger partial charge in [0.2, 0.25) is 0 Å². The van der Waals surface area contributed by atoms with Crippen molar-refractivity contribution in [2.24, 2.45) is 0 Å². The lowest BCUT2D eigenvalue weighted by Gasteiger charge is -2.20. The van der Waals surface area contributed by atoms with Crippen molar-refractivity contribution in [2.45, 2.75) is 0 Å². The number of nitrogens with zero attached hydrogens (tertiary/aromatic N) is 3. The van der Waals surface area contributed by atoms with Crippen LogP contribution in [-0.2, 0) is 0 Å². The number of pyridine rings is 1. The van der Waals surface area contributed by atoms with Gasteiger partial charge in [0.1, 0.15) is 21.1 Å². The molecule has 0 amide bonds. The lowest BCUT2D eigenvalue weighted by Crippen LogP contribution is -2.38. The molecule has 1 rings (SSSR count). The molecule has 0 aliphatic rings. The smallest absolute Gasteiger partial charge is 0.282 e. The first-order chi connectivity index (χ1) is 6.01. The summed E-state index contributed by atoms with van der Waals surface area (Å²) < 4.78 is 0.321. The highest BCUT2D eigenvalue weighted by Crippen LogP contribution is 2.10. The molecule has 0 saturated heterocycles. The van der Waals surface area contributed by atoms with E-state index in [0.29, 0.717) is 16.1 Å².